The molecule has 3 rings (SSSR count). The Hall–Kier alpha value is -2.41. The molecule has 0 aliphatic heterocycles. The number of carbonyl (C=O) groups excluding carboxylic acids is 2. The maximum absolute atomic E-state index is 12.9. The predicted molar refractivity (Wildman–Crippen MR) is 105 cm³/mol. The molecule has 0 saturated heterocycles. The van der Waals surface area contributed by atoms with Crippen molar-refractivity contribution in [3.05, 3.63) is 52.0 Å². The second-order valence-corrected chi connectivity index (χ2v) is 7.62. The molecule has 0 unspecified atom stereocenters. The second kappa shape index (κ2) is 9.50. The molecule has 1 heterocycles. The molecule has 6 nitrogen and oxygen atoms in total. The van der Waals surface area contributed by atoms with E-state index in [9.17, 15) is 9.59 Å². The van der Waals surface area contributed by atoms with Gasteiger partial charge in [-0.15, -0.1) is 11.3 Å². The Morgan fingerprint density at radius 3 is 2.67 bits per heavy atom. The molecule has 1 aliphatic rings. The summed E-state index contributed by atoms with van der Waals surface area (Å²) in [6, 6.07) is 10.00. The molecule has 1 saturated carbocycles. The third-order valence-corrected chi connectivity index (χ3v) is 5.65. The van der Waals surface area contributed by atoms with Gasteiger partial charge in [-0.3, -0.25) is 0 Å². The van der Waals surface area contributed by atoms with Crippen LogP contribution in [0.15, 0.2) is 35.7 Å². The Bertz CT molecular complexity index is 757. The van der Waals surface area contributed by atoms with Crippen LogP contribution in [-0.4, -0.2) is 35.0 Å². The van der Waals surface area contributed by atoms with Crippen molar-refractivity contribution in [1.82, 2.24) is 15.2 Å². The van der Waals surface area contributed by atoms with Gasteiger partial charge in [0, 0.05) is 18.0 Å². The molecule has 0 spiro atoms. The van der Waals surface area contributed by atoms with Crippen LogP contribution in [0.25, 0.3) is 0 Å². The molecule has 0 atom stereocenters. The standard InChI is InChI=1S/C20H25N3O3S/c1-26-19(24)17-14-27-18(22-17)13-23(16-10-6-3-7-11-16)20(25)21-12-15-8-4-2-5-9-15/h2,4-5,8-9,14,16H,3,6-7,10-13H2,1H3,(H,21,25). The number of ether oxygens (including phenoxy) is 1. The average molecular weight is 388 g/mol. The lowest BCUT2D eigenvalue weighted by Crippen LogP contribution is -2.46. The predicted octanol–water partition coefficient (Wildman–Crippen LogP) is 3.97. The van der Waals surface area contributed by atoms with Crippen LogP contribution in [0.3, 0.4) is 0 Å². The van der Waals surface area contributed by atoms with Crippen molar-refractivity contribution in [2.75, 3.05) is 7.11 Å². The zero-order valence-corrected chi connectivity index (χ0v) is 16.3. The lowest BCUT2D eigenvalue weighted by molar-refractivity contribution is 0.0594. The number of hydrogen-bond donors (Lipinski definition) is 1. The van der Waals surface area contributed by atoms with E-state index in [1.807, 2.05) is 35.2 Å². The summed E-state index contributed by atoms with van der Waals surface area (Å²) in [6.45, 7) is 0.904. The summed E-state index contributed by atoms with van der Waals surface area (Å²) in [4.78, 5) is 30.8. The smallest absolute Gasteiger partial charge is 0.357 e. The number of hydrogen-bond acceptors (Lipinski definition) is 5. The van der Waals surface area contributed by atoms with Gasteiger partial charge in [-0.2, -0.15) is 0 Å². The van der Waals surface area contributed by atoms with Crippen LogP contribution in [-0.2, 0) is 17.8 Å². The van der Waals surface area contributed by atoms with Crippen LogP contribution in [0.2, 0.25) is 0 Å². The van der Waals surface area contributed by atoms with Crippen molar-refractivity contribution < 1.29 is 14.3 Å². The van der Waals surface area contributed by atoms with Crippen molar-refractivity contribution in [3.8, 4) is 0 Å². The van der Waals surface area contributed by atoms with E-state index in [0.717, 1.165) is 36.3 Å². The van der Waals surface area contributed by atoms with E-state index in [4.69, 9.17) is 4.74 Å². The number of amides is 2. The molecule has 1 aromatic carbocycles. The highest BCUT2D eigenvalue weighted by Gasteiger charge is 2.26. The number of thiazole rings is 1. The average Bonchev–Trinajstić information content (AvgIpc) is 3.20. The number of benzene rings is 1. The van der Waals surface area contributed by atoms with Gasteiger partial charge < -0.3 is 15.0 Å². The Labute approximate surface area is 163 Å². The molecule has 2 amide bonds. The van der Waals surface area contributed by atoms with Gasteiger partial charge >= 0.3 is 12.0 Å². The minimum Gasteiger partial charge on any atom is -0.464 e. The normalized spacial score (nSPS) is 14.6. The molecule has 7 heteroatoms. The fraction of sp³-hybridized carbons (Fsp3) is 0.450. The molecule has 144 valence electrons. The fourth-order valence-corrected chi connectivity index (χ4v) is 4.12. The largest absolute Gasteiger partial charge is 0.464 e. The summed E-state index contributed by atoms with van der Waals surface area (Å²) in [5.74, 6) is -0.449. The van der Waals surface area contributed by atoms with Gasteiger partial charge in [-0.05, 0) is 18.4 Å². The van der Waals surface area contributed by atoms with E-state index in [2.05, 4.69) is 10.3 Å². The monoisotopic (exact) mass is 387 g/mol. The Balaban J connectivity index is 1.69. The molecule has 27 heavy (non-hydrogen) atoms. The van der Waals surface area contributed by atoms with E-state index >= 15 is 0 Å². The summed E-state index contributed by atoms with van der Waals surface area (Å²) in [5, 5.41) is 5.46. The van der Waals surface area contributed by atoms with Crippen molar-refractivity contribution in [2.45, 2.75) is 51.2 Å². The van der Waals surface area contributed by atoms with Gasteiger partial charge in [0.1, 0.15) is 5.01 Å². The zero-order valence-electron chi connectivity index (χ0n) is 15.5. The summed E-state index contributed by atoms with van der Waals surface area (Å²) in [6.07, 6.45) is 5.51. The van der Waals surface area contributed by atoms with E-state index in [-0.39, 0.29) is 12.1 Å². The number of aromatic nitrogens is 1. The van der Waals surface area contributed by atoms with Gasteiger partial charge in [-0.25, -0.2) is 14.6 Å². The Kier molecular flexibility index (Phi) is 6.81. The highest BCUT2D eigenvalue weighted by Crippen LogP contribution is 2.25. The number of esters is 1. The SMILES string of the molecule is COC(=O)c1csc(CN(C(=O)NCc2ccccc2)C2CCCCC2)n1. The molecular weight excluding hydrogens is 362 g/mol. The highest BCUT2D eigenvalue weighted by molar-refractivity contribution is 7.09. The quantitative estimate of drug-likeness (QED) is 0.761. The first-order valence-electron chi connectivity index (χ1n) is 9.28. The van der Waals surface area contributed by atoms with Crippen LogP contribution in [0.5, 0.6) is 0 Å². The van der Waals surface area contributed by atoms with Crippen LogP contribution in [0.1, 0.15) is 53.2 Å². The first kappa shape index (κ1) is 19.4. The first-order chi connectivity index (χ1) is 13.2. The molecule has 1 aliphatic carbocycles. The summed E-state index contributed by atoms with van der Waals surface area (Å²) in [5.41, 5.74) is 1.36. The Morgan fingerprint density at radius 2 is 1.96 bits per heavy atom. The molecule has 1 N–H and O–H groups in total. The van der Waals surface area contributed by atoms with E-state index < -0.39 is 5.97 Å². The maximum Gasteiger partial charge on any atom is 0.357 e. The van der Waals surface area contributed by atoms with E-state index in [1.54, 1.807) is 5.38 Å². The molecule has 1 aromatic heterocycles. The third-order valence-electron chi connectivity index (χ3n) is 4.81. The van der Waals surface area contributed by atoms with Gasteiger partial charge in [0.15, 0.2) is 5.69 Å². The highest BCUT2D eigenvalue weighted by atomic mass is 32.1. The molecule has 2 aromatic rings. The minimum atomic E-state index is -0.449. The number of nitrogens with one attached hydrogen (secondary N) is 1. The van der Waals surface area contributed by atoms with Crippen LogP contribution in [0.4, 0.5) is 4.79 Å². The fourth-order valence-electron chi connectivity index (χ4n) is 3.36. The number of carbonyl (C=O) groups is 2. The molecular formula is C20H25N3O3S. The summed E-state index contributed by atoms with van der Waals surface area (Å²) < 4.78 is 4.72. The number of rotatable bonds is 6. The first-order valence-corrected chi connectivity index (χ1v) is 10.2. The number of nitrogens with zero attached hydrogens (tertiary/aromatic N) is 2. The van der Waals surface area contributed by atoms with Crippen molar-refractivity contribution >= 4 is 23.3 Å². The van der Waals surface area contributed by atoms with Crippen molar-refractivity contribution in [1.29, 1.82) is 0 Å². The molecule has 1 fully saturated rings. The van der Waals surface area contributed by atoms with Crippen molar-refractivity contribution in [3.63, 3.8) is 0 Å². The molecule has 0 bridgehead atoms. The van der Waals surface area contributed by atoms with Crippen LogP contribution < -0.4 is 5.32 Å². The van der Waals surface area contributed by atoms with E-state index in [0.29, 0.717) is 18.8 Å². The van der Waals surface area contributed by atoms with Gasteiger partial charge in [0.05, 0.1) is 13.7 Å². The third kappa shape index (κ3) is 5.29. The minimum absolute atomic E-state index is 0.0828. The van der Waals surface area contributed by atoms with Crippen LogP contribution >= 0.6 is 11.3 Å². The summed E-state index contributed by atoms with van der Waals surface area (Å²) >= 11 is 1.38. The van der Waals surface area contributed by atoms with Crippen LogP contribution in [0, 0.1) is 0 Å². The Morgan fingerprint density at radius 1 is 1.22 bits per heavy atom. The van der Waals surface area contributed by atoms with E-state index in [1.165, 1.54) is 24.9 Å². The van der Waals surface area contributed by atoms with Gasteiger partial charge in [-0.1, -0.05) is 49.6 Å². The van der Waals surface area contributed by atoms with Gasteiger partial charge in [0.2, 0.25) is 0 Å². The second-order valence-electron chi connectivity index (χ2n) is 6.68. The topological polar surface area (TPSA) is 71.5 Å². The lowest BCUT2D eigenvalue weighted by Gasteiger charge is -2.34. The zero-order chi connectivity index (χ0) is 19.1. The number of urea groups is 1. The molecule has 0 radical (unpaired) electrons. The lowest BCUT2D eigenvalue weighted by atomic mass is 9.94. The van der Waals surface area contributed by atoms with Gasteiger partial charge in [0.25, 0.3) is 0 Å². The maximum atomic E-state index is 12.9. The van der Waals surface area contributed by atoms with Crippen molar-refractivity contribution in [2.24, 2.45) is 0 Å². The summed E-state index contributed by atoms with van der Waals surface area (Å²) in [7, 11) is 1.34. The number of methoxy groups -OCH3 is 1.